The number of halogens is 4. The second-order valence-electron chi connectivity index (χ2n) is 7.58. The Bertz CT molecular complexity index is 1650. The van der Waals surface area contributed by atoms with E-state index in [1.807, 2.05) is 0 Å². The van der Waals surface area contributed by atoms with Crippen LogP contribution in [0.15, 0.2) is 76.2 Å². The van der Waals surface area contributed by atoms with Crippen molar-refractivity contribution in [2.45, 2.75) is 12.7 Å². The lowest BCUT2D eigenvalue weighted by Gasteiger charge is -2.13. The maximum absolute atomic E-state index is 13.5. The Balaban J connectivity index is 1.45. The van der Waals surface area contributed by atoms with E-state index in [-0.39, 0.29) is 22.9 Å². The molecule has 9 nitrogen and oxygen atoms in total. The number of pyridine rings is 1. The van der Waals surface area contributed by atoms with Crippen LogP contribution >= 0.6 is 0 Å². The molecule has 3 heterocycles. The Hall–Kier alpha value is -4.81. The maximum Gasteiger partial charge on any atom is 0.418 e. The number of alkyl halides is 3. The number of para-hydroxylation sites is 1. The second-order valence-corrected chi connectivity index (χ2v) is 7.58. The molecule has 182 valence electrons. The average Bonchev–Trinajstić information content (AvgIpc) is 3.44. The van der Waals surface area contributed by atoms with Gasteiger partial charge in [-0.2, -0.15) is 18.2 Å². The van der Waals surface area contributed by atoms with Gasteiger partial charge < -0.3 is 9.84 Å². The topological polar surface area (TPSA) is 107 Å². The molecule has 0 fully saturated rings. The van der Waals surface area contributed by atoms with Gasteiger partial charge in [-0.3, -0.25) is 4.79 Å². The van der Waals surface area contributed by atoms with Crippen LogP contribution < -0.4 is 11.0 Å². The largest absolute Gasteiger partial charge is 0.418 e. The molecule has 1 amide bonds. The molecule has 0 aliphatic rings. The minimum Gasteiger partial charge on any atom is -0.333 e. The zero-order valence-corrected chi connectivity index (χ0v) is 18.0. The summed E-state index contributed by atoms with van der Waals surface area (Å²) in [6.45, 7) is -0.648. The van der Waals surface area contributed by atoms with E-state index in [4.69, 9.17) is 4.52 Å². The van der Waals surface area contributed by atoms with Crippen molar-refractivity contribution in [2.75, 3.05) is 5.32 Å². The number of carbonyl (C=O) groups excluding carboxylic acids is 1. The smallest absolute Gasteiger partial charge is 0.333 e. The predicted molar refractivity (Wildman–Crippen MR) is 118 cm³/mol. The van der Waals surface area contributed by atoms with Gasteiger partial charge in [0.1, 0.15) is 12.4 Å². The van der Waals surface area contributed by atoms with Crippen LogP contribution in [-0.2, 0) is 17.5 Å². The summed E-state index contributed by atoms with van der Waals surface area (Å²) in [4.78, 5) is 29.5. The van der Waals surface area contributed by atoms with E-state index < -0.39 is 41.4 Å². The van der Waals surface area contributed by atoms with Gasteiger partial charge in [-0.05, 0) is 36.4 Å². The molecule has 0 atom stereocenters. The molecule has 0 radical (unpaired) electrons. The number of hydrogen-bond donors (Lipinski definition) is 1. The highest BCUT2D eigenvalue weighted by Crippen LogP contribution is 2.34. The van der Waals surface area contributed by atoms with Gasteiger partial charge in [-0.15, -0.1) is 5.10 Å². The molecule has 0 saturated carbocycles. The molecule has 3 aromatic heterocycles. The molecule has 13 heteroatoms. The van der Waals surface area contributed by atoms with E-state index in [0.29, 0.717) is 5.56 Å². The Morgan fingerprint density at radius 2 is 1.86 bits per heavy atom. The highest BCUT2D eigenvalue weighted by Gasteiger charge is 2.33. The Kier molecular flexibility index (Phi) is 5.59. The lowest BCUT2D eigenvalue weighted by molar-refractivity contribution is -0.137. The lowest BCUT2D eigenvalue weighted by atomic mass is 10.1. The van der Waals surface area contributed by atoms with Crippen LogP contribution in [0, 0.1) is 5.82 Å². The minimum absolute atomic E-state index is 0.0134. The number of nitrogens with one attached hydrogen (secondary N) is 1. The number of carbonyl (C=O) groups is 1. The first-order chi connectivity index (χ1) is 17.2. The van der Waals surface area contributed by atoms with Crippen molar-refractivity contribution in [1.29, 1.82) is 0 Å². The average molecular weight is 498 g/mol. The normalized spacial score (nSPS) is 11.7. The SMILES string of the molecule is O=C(Cn1nc2c(-c3nc(-c4cccc(F)c4)no3)cccn2c1=O)Nc1ccccc1C(F)(F)F. The Labute approximate surface area is 198 Å². The highest BCUT2D eigenvalue weighted by atomic mass is 19.4. The number of fused-ring (bicyclic) bond motifs is 1. The van der Waals surface area contributed by atoms with Crippen LogP contribution in [0.5, 0.6) is 0 Å². The van der Waals surface area contributed by atoms with E-state index in [2.05, 4.69) is 20.6 Å². The zero-order valence-electron chi connectivity index (χ0n) is 18.0. The predicted octanol–water partition coefficient (Wildman–Crippen LogP) is 4.01. The molecule has 0 unspecified atom stereocenters. The molecule has 2 aromatic carbocycles. The van der Waals surface area contributed by atoms with Crippen LogP contribution in [-0.4, -0.2) is 30.2 Å². The third-order valence-corrected chi connectivity index (χ3v) is 5.15. The highest BCUT2D eigenvalue weighted by molar-refractivity contribution is 5.91. The van der Waals surface area contributed by atoms with E-state index in [1.165, 1.54) is 42.6 Å². The van der Waals surface area contributed by atoms with Gasteiger partial charge in [-0.25, -0.2) is 18.3 Å². The third kappa shape index (κ3) is 4.33. The summed E-state index contributed by atoms with van der Waals surface area (Å²) in [7, 11) is 0. The second kappa shape index (κ2) is 8.76. The molecule has 5 rings (SSSR count). The van der Waals surface area contributed by atoms with Crippen LogP contribution in [0.1, 0.15) is 5.56 Å². The summed E-state index contributed by atoms with van der Waals surface area (Å²) in [6, 6.07) is 13.1. The maximum atomic E-state index is 13.5. The molecule has 0 bridgehead atoms. The Morgan fingerprint density at radius 3 is 2.64 bits per heavy atom. The van der Waals surface area contributed by atoms with Gasteiger partial charge in [0.15, 0.2) is 5.65 Å². The van der Waals surface area contributed by atoms with Crippen molar-refractivity contribution < 1.29 is 26.9 Å². The molecule has 0 spiro atoms. The molecule has 0 aliphatic carbocycles. The number of rotatable bonds is 5. The van der Waals surface area contributed by atoms with E-state index >= 15 is 0 Å². The molecule has 1 N–H and O–H groups in total. The fourth-order valence-corrected chi connectivity index (χ4v) is 3.55. The van der Waals surface area contributed by atoms with Crippen LogP contribution in [0.4, 0.5) is 23.2 Å². The van der Waals surface area contributed by atoms with Crippen molar-refractivity contribution in [2.24, 2.45) is 0 Å². The number of hydrogen-bond acceptors (Lipinski definition) is 6. The number of benzene rings is 2. The third-order valence-electron chi connectivity index (χ3n) is 5.15. The fourth-order valence-electron chi connectivity index (χ4n) is 3.55. The van der Waals surface area contributed by atoms with E-state index in [9.17, 15) is 27.2 Å². The molecular weight excluding hydrogens is 484 g/mol. The number of amides is 1. The quantitative estimate of drug-likeness (QED) is 0.367. The summed E-state index contributed by atoms with van der Waals surface area (Å²) in [5, 5.41) is 10.1. The number of nitrogens with zero attached hydrogens (tertiary/aromatic N) is 5. The fraction of sp³-hybridized carbons (Fsp3) is 0.0870. The van der Waals surface area contributed by atoms with Crippen molar-refractivity contribution in [3.8, 4) is 22.8 Å². The van der Waals surface area contributed by atoms with Gasteiger partial charge >= 0.3 is 11.9 Å². The Morgan fingerprint density at radius 1 is 1.06 bits per heavy atom. The summed E-state index contributed by atoms with van der Waals surface area (Å²) in [5.74, 6) is -1.27. The first kappa shape index (κ1) is 23.0. The first-order valence-corrected chi connectivity index (χ1v) is 10.3. The van der Waals surface area contributed by atoms with Crippen LogP contribution in [0.25, 0.3) is 28.5 Å². The van der Waals surface area contributed by atoms with Crippen molar-refractivity contribution in [3.05, 3.63) is 88.7 Å². The minimum atomic E-state index is -4.67. The van der Waals surface area contributed by atoms with E-state index in [1.54, 1.807) is 12.1 Å². The molecule has 5 aromatic rings. The van der Waals surface area contributed by atoms with Crippen molar-refractivity contribution in [3.63, 3.8) is 0 Å². The molecular formula is C23H14F4N6O3. The standard InChI is InChI=1S/C23H14F4N6O3/c24-14-6-3-5-13(11-14)19-29-21(36-31-19)15-7-4-10-32-20(15)30-33(22(32)35)12-18(34)28-17-9-2-1-8-16(17)23(25,26)27/h1-11H,12H2,(H,28,34). The van der Waals surface area contributed by atoms with Gasteiger partial charge in [0.2, 0.25) is 11.7 Å². The molecule has 0 aliphatic heterocycles. The number of anilines is 1. The summed E-state index contributed by atoms with van der Waals surface area (Å²) < 4.78 is 60.3. The van der Waals surface area contributed by atoms with Gasteiger partial charge in [-0.1, -0.05) is 29.4 Å². The van der Waals surface area contributed by atoms with Gasteiger partial charge in [0.25, 0.3) is 5.89 Å². The molecule has 36 heavy (non-hydrogen) atoms. The number of aromatic nitrogens is 5. The summed E-state index contributed by atoms with van der Waals surface area (Å²) in [5.41, 5.74) is -1.48. The first-order valence-electron chi connectivity index (χ1n) is 10.3. The monoisotopic (exact) mass is 498 g/mol. The summed E-state index contributed by atoms with van der Waals surface area (Å²) >= 11 is 0. The molecule has 0 saturated heterocycles. The lowest BCUT2D eigenvalue weighted by Crippen LogP contribution is -2.28. The van der Waals surface area contributed by atoms with Crippen molar-refractivity contribution >= 4 is 17.2 Å². The van der Waals surface area contributed by atoms with Gasteiger partial charge in [0, 0.05) is 11.8 Å². The van der Waals surface area contributed by atoms with Crippen LogP contribution in [0.3, 0.4) is 0 Å². The van der Waals surface area contributed by atoms with Crippen molar-refractivity contribution in [1.82, 2.24) is 24.3 Å². The van der Waals surface area contributed by atoms with Crippen LogP contribution in [0.2, 0.25) is 0 Å². The zero-order chi connectivity index (χ0) is 25.4. The van der Waals surface area contributed by atoms with E-state index in [0.717, 1.165) is 21.2 Å². The summed E-state index contributed by atoms with van der Waals surface area (Å²) in [6.07, 6.45) is -3.28. The van der Waals surface area contributed by atoms with Gasteiger partial charge in [0.05, 0.1) is 16.8 Å².